The molecule has 15 N–H and O–H groups in total. The highest BCUT2D eigenvalue weighted by molar-refractivity contribution is 7.80. The summed E-state index contributed by atoms with van der Waals surface area (Å²) in [5.41, 5.74) is 17.5. The molecular weight excluding hydrogens is 877 g/mol. The molecule has 9 amide bonds. The van der Waals surface area contributed by atoms with Crippen LogP contribution in [-0.4, -0.2) is 154 Å². The number of nitrogens with one attached hydrogen (secondary N) is 8. The summed E-state index contributed by atoms with van der Waals surface area (Å²) >= 11 is 8.23. The quantitative estimate of drug-likeness (QED) is 0.0314. The standard InChI is InChI=1S/C39H58N12O11S2/c1-20(33(42)56)45-36(59)28(19-64)50-38(61)29-10-6-12-51(29)39(62)26(13-21-16-43-23-8-3-2-7-22(21)23)49-35(58)25(14-32(54)55)46-31(53)17-44-34(57)24(9-4-5-11-40)48-37(60)27(18-63)47-30(52)15-41/h2-3,7-8,16,20,24-29,43,63-64H,4-6,9-15,17-19,40-41H2,1H3,(H2,42,56)(H,44,57)(H,45,59)(H,46,53)(H,47,52)(H,48,60)(H,49,58)(H,50,61)(H,54,55)/t20-,24-,25-,26-,27-,28-,29-/m0/s1. The molecular formula is C39H58N12O11S2. The molecule has 1 saturated heterocycles. The number of thiol groups is 2. The smallest absolute Gasteiger partial charge is 0.305 e. The molecule has 0 unspecified atom stereocenters. The van der Waals surface area contributed by atoms with Crippen LogP contribution in [0.5, 0.6) is 0 Å². The molecule has 3 rings (SSSR count). The van der Waals surface area contributed by atoms with Gasteiger partial charge in [-0.05, 0) is 57.2 Å². The number of aliphatic carboxylic acids is 1. The van der Waals surface area contributed by atoms with Crippen molar-refractivity contribution in [2.75, 3.05) is 37.7 Å². The largest absolute Gasteiger partial charge is 0.481 e. The van der Waals surface area contributed by atoms with E-state index >= 15 is 0 Å². The molecule has 0 saturated carbocycles. The Morgan fingerprint density at radius 3 is 2.06 bits per heavy atom. The second kappa shape index (κ2) is 26.0. The molecule has 0 bridgehead atoms. The average Bonchev–Trinajstić information content (AvgIpc) is 3.93. The number of aromatic nitrogens is 1. The maximum Gasteiger partial charge on any atom is 0.305 e. The van der Waals surface area contributed by atoms with Gasteiger partial charge in [-0.3, -0.25) is 47.9 Å². The number of benzene rings is 1. The Kier molecular flexibility index (Phi) is 21.3. The van der Waals surface area contributed by atoms with Crippen molar-refractivity contribution in [3.8, 4) is 0 Å². The van der Waals surface area contributed by atoms with Crippen molar-refractivity contribution in [1.82, 2.24) is 47.1 Å². The van der Waals surface area contributed by atoms with Crippen LogP contribution in [0.4, 0.5) is 0 Å². The van der Waals surface area contributed by atoms with Crippen molar-refractivity contribution in [3.63, 3.8) is 0 Å². The first-order chi connectivity index (χ1) is 30.4. The lowest BCUT2D eigenvalue weighted by molar-refractivity contribution is -0.143. The fourth-order valence-corrected chi connectivity index (χ4v) is 7.26. The molecule has 23 nitrogen and oxygen atoms in total. The number of carboxylic acids is 1. The second-order valence-electron chi connectivity index (χ2n) is 15.0. The van der Waals surface area contributed by atoms with E-state index in [1.807, 2.05) is 0 Å². The molecule has 1 aliphatic rings. The lowest BCUT2D eigenvalue weighted by Gasteiger charge is -2.30. The second-order valence-corrected chi connectivity index (χ2v) is 15.7. The molecule has 0 aliphatic carbocycles. The fourth-order valence-electron chi connectivity index (χ4n) is 6.74. The SMILES string of the molecule is C[C@H](NC(=O)[C@H](CS)NC(=O)[C@@H]1CCCN1C(=O)[C@H](Cc1c[nH]c2ccccc12)NC(=O)[C@H](CC(=O)O)NC(=O)CNC(=O)[C@H](CCCCN)NC(=O)[C@H](CS)NC(=O)CN)C(N)=O. The Bertz CT molecular complexity index is 2020. The number of aromatic amines is 1. The van der Waals surface area contributed by atoms with Crippen LogP contribution in [0.25, 0.3) is 10.9 Å². The number of nitrogens with two attached hydrogens (primary N) is 3. The summed E-state index contributed by atoms with van der Waals surface area (Å²) in [6, 6.07) is -1.72. The highest BCUT2D eigenvalue weighted by atomic mass is 32.1. The average molecular weight is 935 g/mol. The summed E-state index contributed by atoms with van der Waals surface area (Å²) in [4.78, 5) is 134. The van der Waals surface area contributed by atoms with Gasteiger partial charge in [0.15, 0.2) is 0 Å². The van der Waals surface area contributed by atoms with Gasteiger partial charge in [-0.25, -0.2) is 0 Å². The fraction of sp³-hybridized carbons (Fsp3) is 0.538. The first-order valence-electron chi connectivity index (χ1n) is 20.5. The van der Waals surface area contributed by atoms with E-state index < -0.39 is 121 Å². The van der Waals surface area contributed by atoms with E-state index in [1.165, 1.54) is 11.8 Å². The van der Waals surface area contributed by atoms with Gasteiger partial charge in [-0.1, -0.05) is 18.2 Å². The van der Waals surface area contributed by atoms with Gasteiger partial charge in [0, 0.05) is 41.6 Å². The van der Waals surface area contributed by atoms with Crippen molar-refractivity contribution in [3.05, 3.63) is 36.0 Å². The number of fused-ring (bicyclic) bond motifs is 1. The van der Waals surface area contributed by atoms with Crippen LogP contribution in [0.3, 0.4) is 0 Å². The number of amides is 9. The molecule has 25 heteroatoms. The number of hydrogen-bond acceptors (Lipinski definition) is 14. The minimum absolute atomic E-state index is 0.0773. The highest BCUT2D eigenvalue weighted by Crippen LogP contribution is 2.23. The van der Waals surface area contributed by atoms with Gasteiger partial charge in [-0.15, -0.1) is 0 Å². The van der Waals surface area contributed by atoms with E-state index in [0.717, 1.165) is 0 Å². The van der Waals surface area contributed by atoms with Crippen molar-refractivity contribution in [2.45, 2.75) is 94.2 Å². The van der Waals surface area contributed by atoms with Crippen LogP contribution in [0.1, 0.15) is 51.0 Å². The number of hydrogen-bond donors (Lipinski definition) is 14. The Hall–Kier alpha value is -5.92. The molecule has 2 heterocycles. The predicted octanol–water partition coefficient (Wildman–Crippen LogP) is -4.35. The maximum atomic E-state index is 14.4. The number of H-pyrrole nitrogens is 1. The van der Waals surface area contributed by atoms with E-state index in [2.05, 4.69) is 67.5 Å². The molecule has 1 fully saturated rings. The lowest BCUT2D eigenvalue weighted by atomic mass is 10.0. The summed E-state index contributed by atoms with van der Waals surface area (Å²) in [6.07, 6.45) is 2.10. The van der Waals surface area contributed by atoms with Crippen LogP contribution in [-0.2, 0) is 54.4 Å². The molecule has 7 atom stereocenters. The minimum atomic E-state index is -1.77. The first kappa shape index (κ1) is 52.4. The number of para-hydroxylation sites is 1. The summed E-state index contributed by atoms with van der Waals surface area (Å²) in [6.45, 7) is 0.579. The molecule has 1 aromatic heterocycles. The van der Waals surface area contributed by atoms with E-state index in [-0.39, 0.29) is 37.3 Å². The predicted molar refractivity (Wildman–Crippen MR) is 238 cm³/mol. The number of likely N-dealkylation sites (tertiary alicyclic amines) is 1. The Labute approximate surface area is 379 Å². The van der Waals surface area contributed by atoms with Gasteiger partial charge < -0.3 is 69.4 Å². The van der Waals surface area contributed by atoms with E-state index in [9.17, 15) is 53.1 Å². The number of carbonyl (C=O) groups excluding carboxylic acids is 9. The zero-order valence-electron chi connectivity index (χ0n) is 35.2. The van der Waals surface area contributed by atoms with E-state index in [1.54, 1.807) is 30.5 Å². The van der Waals surface area contributed by atoms with Crippen LogP contribution in [0.2, 0.25) is 0 Å². The van der Waals surface area contributed by atoms with Crippen molar-refractivity contribution >= 4 is 95.3 Å². The molecule has 64 heavy (non-hydrogen) atoms. The zero-order valence-corrected chi connectivity index (χ0v) is 37.0. The highest BCUT2D eigenvalue weighted by Gasteiger charge is 2.40. The van der Waals surface area contributed by atoms with E-state index in [0.29, 0.717) is 42.3 Å². The Balaban J connectivity index is 1.81. The Morgan fingerprint density at radius 2 is 1.42 bits per heavy atom. The number of nitrogens with zero attached hydrogens (tertiary/aromatic N) is 1. The third-order valence-corrected chi connectivity index (χ3v) is 10.9. The van der Waals surface area contributed by atoms with Crippen molar-refractivity contribution < 1.29 is 53.1 Å². The number of carboxylic acid groups (broad SMARTS) is 1. The summed E-state index contributed by atoms with van der Waals surface area (Å²) in [5.74, 6) is -8.98. The summed E-state index contributed by atoms with van der Waals surface area (Å²) in [5, 5.41) is 27.5. The minimum Gasteiger partial charge on any atom is -0.481 e. The third-order valence-electron chi connectivity index (χ3n) is 10.2. The monoisotopic (exact) mass is 934 g/mol. The topological polar surface area (TPSA) is 372 Å². The lowest BCUT2D eigenvalue weighted by Crippen LogP contribution is -2.59. The van der Waals surface area contributed by atoms with Gasteiger partial charge in [-0.2, -0.15) is 25.3 Å². The number of rotatable bonds is 26. The third kappa shape index (κ3) is 15.7. The van der Waals surface area contributed by atoms with E-state index in [4.69, 9.17) is 17.2 Å². The van der Waals surface area contributed by atoms with Gasteiger partial charge in [0.1, 0.15) is 42.3 Å². The van der Waals surface area contributed by atoms with Gasteiger partial charge in [0.05, 0.1) is 19.5 Å². The molecule has 0 radical (unpaired) electrons. The van der Waals surface area contributed by atoms with Crippen molar-refractivity contribution in [1.29, 1.82) is 0 Å². The number of carbonyl (C=O) groups is 10. The Morgan fingerprint density at radius 1 is 0.797 bits per heavy atom. The molecule has 352 valence electrons. The normalized spacial score (nSPS) is 16.2. The summed E-state index contributed by atoms with van der Waals surface area (Å²) < 4.78 is 0. The molecule has 1 aromatic carbocycles. The van der Waals surface area contributed by atoms with Gasteiger partial charge >= 0.3 is 5.97 Å². The molecule has 2 aromatic rings. The van der Waals surface area contributed by atoms with Crippen LogP contribution >= 0.6 is 25.3 Å². The van der Waals surface area contributed by atoms with Gasteiger partial charge in [0.25, 0.3) is 0 Å². The first-order valence-corrected chi connectivity index (χ1v) is 21.8. The molecule has 0 spiro atoms. The van der Waals surface area contributed by atoms with Crippen LogP contribution in [0.15, 0.2) is 30.5 Å². The van der Waals surface area contributed by atoms with Crippen molar-refractivity contribution in [2.24, 2.45) is 17.2 Å². The number of primary amides is 1. The maximum absolute atomic E-state index is 14.4. The zero-order chi connectivity index (χ0) is 47.5. The van der Waals surface area contributed by atoms with Crippen LogP contribution < -0.4 is 54.4 Å². The molecule has 1 aliphatic heterocycles. The van der Waals surface area contributed by atoms with Gasteiger partial charge in [0.2, 0.25) is 53.2 Å². The number of unbranched alkanes of at least 4 members (excludes halogenated alkanes) is 1. The summed E-state index contributed by atoms with van der Waals surface area (Å²) in [7, 11) is 0. The van der Waals surface area contributed by atoms with Crippen LogP contribution in [0, 0.1) is 0 Å².